The summed E-state index contributed by atoms with van der Waals surface area (Å²) >= 11 is 1.57. The predicted octanol–water partition coefficient (Wildman–Crippen LogP) is 3.55. The van der Waals surface area contributed by atoms with E-state index in [9.17, 15) is 13.2 Å². The molecule has 2 aromatic heterocycles. The summed E-state index contributed by atoms with van der Waals surface area (Å²) in [6.45, 7) is 11.3. The van der Waals surface area contributed by atoms with Crippen molar-refractivity contribution in [1.82, 2.24) is 25.1 Å². The van der Waals surface area contributed by atoms with Crippen LogP contribution in [0.5, 0.6) is 0 Å². The molecule has 0 saturated heterocycles. The van der Waals surface area contributed by atoms with Crippen LogP contribution in [0.3, 0.4) is 0 Å². The Labute approximate surface area is 211 Å². The van der Waals surface area contributed by atoms with Crippen LogP contribution in [0, 0.1) is 5.92 Å². The van der Waals surface area contributed by atoms with Crippen LogP contribution in [0.1, 0.15) is 40.2 Å². The molecule has 35 heavy (non-hydrogen) atoms. The Bertz CT molecular complexity index is 1250. The lowest BCUT2D eigenvalue weighted by molar-refractivity contribution is -0.120. The Balaban J connectivity index is 1.63. The molecule has 0 aliphatic heterocycles. The molecule has 0 radical (unpaired) electrons. The molecule has 0 fully saturated rings. The average Bonchev–Trinajstić information content (AvgIpc) is 3.21. The van der Waals surface area contributed by atoms with Gasteiger partial charge in [-0.15, -0.1) is 0 Å². The van der Waals surface area contributed by atoms with E-state index in [0.717, 1.165) is 34.7 Å². The standard InChI is InChI=1S/C24H34N6O3S2/c1-6-34-24-28-22(26-14-16(2)3)20-15-27-30(23(20)29-24)12-11-25-21(31)13-18-7-9-19(10-8-18)35(32,33)17(4)5/h7-10,15-17H,6,11-14H2,1-5H3,(H,25,31)(H,26,28,29). The summed E-state index contributed by atoms with van der Waals surface area (Å²) in [5.41, 5.74) is 1.49. The van der Waals surface area contributed by atoms with Crippen LogP contribution in [0.4, 0.5) is 5.82 Å². The van der Waals surface area contributed by atoms with Gasteiger partial charge >= 0.3 is 0 Å². The van der Waals surface area contributed by atoms with E-state index in [4.69, 9.17) is 0 Å². The second-order valence-corrected chi connectivity index (χ2v) is 12.7. The largest absolute Gasteiger partial charge is 0.369 e. The van der Waals surface area contributed by atoms with Crippen molar-refractivity contribution in [2.45, 2.75) is 62.9 Å². The maximum absolute atomic E-state index is 12.4. The molecular weight excluding hydrogens is 484 g/mol. The van der Waals surface area contributed by atoms with Crippen LogP contribution in [-0.2, 0) is 27.6 Å². The van der Waals surface area contributed by atoms with Crippen LogP contribution < -0.4 is 10.6 Å². The van der Waals surface area contributed by atoms with E-state index in [1.807, 2.05) is 0 Å². The van der Waals surface area contributed by atoms with Gasteiger partial charge in [0.05, 0.1) is 34.7 Å². The lowest BCUT2D eigenvalue weighted by Gasteiger charge is -2.11. The molecule has 0 atom stereocenters. The van der Waals surface area contributed by atoms with Crippen molar-refractivity contribution in [1.29, 1.82) is 0 Å². The van der Waals surface area contributed by atoms with Crippen LogP contribution in [-0.4, -0.2) is 58.2 Å². The highest BCUT2D eigenvalue weighted by Crippen LogP contribution is 2.24. The first-order valence-corrected chi connectivity index (χ1v) is 14.3. The van der Waals surface area contributed by atoms with Crippen molar-refractivity contribution in [3.63, 3.8) is 0 Å². The minimum absolute atomic E-state index is 0.142. The third-order valence-corrected chi connectivity index (χ3v) is 8.21. The lowest BCUT2D eigenvalue weighted by atomic mass is 10.1. The summed E-state index contributed by atoms with van der Waals surface area (Å²) < 4.78 is 26.3. The van der Waals surface area contributed by atoms with Gasteiger partial charge in [0.15, 0.2) is 20.6 Å². The quantitative estimate of drug-likeness (QED) is 0.276. The number of hydrogen-bond donors (Lipinski definition) is 2. The van der Waals surface area contributed by atoms with Gasteiger partial charge in [0.1, 0.15) is 5.82 Å². The van der Waals surface area contributed by atoms with Crippen LogP contribution >= 0.6 is 11.8 Å². The first-order valence-electron chi connectivity index (χ1n) is 11.8. The number of sulfone groups is 1. The van der Waals surface area contributed by atoms with Gasteiger partial charge in [-0.1, -0.05) is 44.7 Å². The van der Waals surface area contributed by atoms with Gasteiger partial charge in [-0.2, -0.15) is 5.10 Å². The van der Waals surface area contributed by atoms with Crippen LogP contribution in [0.15, 0.2) is 40.5 Å². The maximum Gasteiger partial charge on any atom is 0.224 e. The van der Waals surface area contributed by atoms with Crippen LogP contribution in [0.25, 0.3) is 11.0 Å². The van der Waals surface area contributed by atoms with Crippen molar-refractivity contribution < 1.29 is 13.2 Å². The fourth-order valence-corrected chi connectivity index (χ4v) is 4.97. The summed E-state index contributed by atoms with van der Waals surface area (Å²) in [5, 5.41) is 11.8. The first-order chi connectivity index (χ1) is 16.6. The van der Waals surface area contributed by atoms with Gasteiger partial charge in [-0.05, 0) is 43.2 Å². The number of hydrogen-bond acceptors (Lipinski definition) is 8. The van der Waals surface area contributed by atoms with E-state index in [-0.39, 0.29) is 17.2 Å². The Kier molecular flexibility index (Phi) is 9.12. The van der Waals surface area contributed by atoms with Gasteiger partial charge in [-0.25, -0.2) is 23.1 Å². The van der Waals surface area contributed by atoms with Gasteiger partial charge in [0.2, 0.25) is 5.91 Å². The molecule has 3 aromatic rings. The summed E-state index contributed by atoms with van der Waals surface area (Å²) in [7, 11) is -3.32. The number of benzene rings is 1. The number of nitrogens with zero attached hydrogens (tertiary/aromatic N) is 4. The molecule has 0 aliphatic carbocycles. The van der Waals surface area contributed by atoms with Gasteiger partial charge in [0.25, 0.3) is 0 Å². The van der Waals surface area contributed by atoms with Gasteiger partial charge < -0.3 is 10.6 Å². The van der Waals surface area contributed by atoms with E-state index in [1.54, 1.807) is 60.8 Å². The molecule has 1 amide bonds. The predicted molar refractivity (Wildman–Crippen MR) is 141 cm³/mol. The fourth-order valence-electron chi connectivity index (χ4n) is 3.35. The number of rotatable bonds is 12. The molecule has 0 unspecified atom stereocenters. The Morgan fingerprint density at radius 2 is 1.83 bits per heavy atom. The van der Waals surface area contributed by atoms with E-state index in [1.165, 1.54) is 0 Å². The number of amides is 1. The average molecular weight is 519 g/mol. The second-order valence-electron chi connectivity index (χ2n) is 8.93. The second kappa shape index (κ2) is 11.9. The van der Waals surface area contributed by atoms with Crippen molar-refractivity contribution in [3.8, 4) is 0 Å². The molecule has 0 saturated carbocycles. The number of carbonyl (C=O) groups is 1. The van der Waals surface area contributed by atoms with Crippen molar-refractivity contribution in [2.24, 2.45) is 5.92 Å². The molecule has 2 heterocycles. The summed E-state index contributed by atoms with van der Waals surface area (Å²) in [6.07, 6.45) is 1.93. The zero-order chi connectivity index (χ0) is 25.6. The highest BCUT2D eigenvalue weighted by Gasteiger charge is 2.19. The summed E-state index contributed by atoms with van der Waals surface area (Å²) in [6, 6.07) is 6.49. The Morgan fingerprint density at radius 3 is 2.46 bits per heavy atom. The molecule has 0 aliphatic rings. The fraction of sp³-hybridized carbons (Fsp3) is 0.500. The molecule has 190 valence electrons. The van der Waals surface area contributed by atoms with E-state index in [2.05, 4.69) is 46.5 Å². The molecule has 9 nitrogen and oxygen atoms in total. The van der Waals surface area contributed by atoms with Crippen molar-refractivity contribution >= 4 is 44.4 Å². The van der Waals surface area contributed by atoms with E-state index in [0.29, 0.717) is 24.2 Å². The lowest BCUT2D eigenvalue weighted by Crippen LogP contribution is -2.29. The third kappa shape index (κ3) is 6.94. The number of aromatic nitrogens is 4. The zero-order valence-electron chi connectivity index (χ0n) is 20.9. The molecule has 2 N–H and O–H groups in total. The number of nitrogens with one attached hydrogen (secondary N) is 2. The van der Waals surface area contributed by atoms with E-state index < -0.39 is 15.1 Å². The number of fused-ring (bicyclic) bond motifs is 1. The smallest absolute Gasteiger partial charge is 0.224 e. The highest BCUT2D eigenvalue weighted by molar-refractivity contribution is 7.99. The molecule has 1 aromatic carbocycles. The molecule has 11 heteroatoms. The minimum Gasteiger partial charge on any atom is -0.369 e. The van der Waals surface area contributed by atoms with Gasteiger partial charge in [-0.3, -0.25) is 4.79 Å². The minimum atomic E-state index is -3.32. The Hall–Kier alpha value is -2.66. The summed E-state index contributed by atoms with van der Waals surface area (Å²) in [4.78, 5) is 22.0. The third-order valence-electron chi connectivity index (χ3n) is 5.31. The van der Waals surface area contributed by atoms with E-state index >= 15 is 0 Å². The zero-order valence-corrected chi connectivity index (χ0v) is 22.5. The monoisotopic (exact) mass is 518 g/mol. The molecule has 3 rings (SSSR count). The normalized spacial score (nSPS) is 12.0. The topological polar surface area (TPSA) is 119 Å². The number of anilines is 1. The molecule has 0 bridgehead atoms. The maximum atomic E-state index is 12.4. The van der Waals surface area contributed by atoms with Crippen molar-refractivity contribution in [2.75, 3.05) is 24.2 Å². The number of thioether (sulfide) groups is 1. The Morgan fingerprint density at radius 1 is 1.11 bits per heavy atom. The summed E-state index contributed by atoms with van der Waals surface area (Å²) in [5.74, 6) is 1.97. The van der Waals surface area contributed by atoms with Gasteiger partial charge in [0, 0.05) is 13.1 Å². The first kappa shape index (κ1) is 26.9. The number of carbonyl (C=O) groups excluding carboxylic acids is 1. The molecular formula is C24H34N6O3S2. The molecule has 0 spiro atoms. The van der Waals surface area contributed by atoms with Crippen LogP contribution in [0.2, 0.25) is 0 Å². The van der Waals surface area contributed by atoms with Crippen molar-refractivity contribution in [3.05, 3.63) is 36.0 Å². The SMILES string of the molecule is CCSc1nc(NCC(C)C)c2cnn(CCNC(=O)Cc3ccc(S(=O)(=O)C(C)C)cc3)c2n1. The highest BCUT2D eigenvalue weighted by atomic mass is 32.2.